The summed E-state index contributed by atoms with van der Waals surface area (Å²) in [5.41, 5.74) is 0. The van der Waals surface area contributed by atoms with E-state index in [1.165, 1.54) is 51.4 Å². The van der Waals surface area contributed by atoms with Crippen molar-refractivity contribution in [1.82, 2.24) is 0 Å². The molecule has 29 heavy (non-hydrogen) atoms. The van der Waals surface area contributed by atoms with Crippen molar-refractivity contribution in [2.75, 3.05) is 0 Å². The molecule has 0 fully saturated rings. The largest absolute Gasteiger partial charge is 0.393 e. The molecule has 0 aromatic carbocycles. The Kier molecular flexibility index (Phi) is 19.7. The minimum atomic E-state index is -3.92. The number of aliphatic hydroxyl groups excluding tert-OH is 1. The maximum Gasteiger partial charge on any atom is 0.267 e. The van der Waals surface area contributed by atoms with Crippen LogP contribution in [0.4, 0.5) is 0 Å². The zero-order valence-corrected chi connectivity index (χ0v) is 20.2. The lowest BCUT2D eigenvalue weighted by molar-refractivity contribution is 0.147. The number of aliphatic hydroxyl groups is 1. The molecule has 0 aromatic heterocycles. The summed E-state index contributed by atoms with van der Waals surface area (Å²) in [5.74, 6) is 0. The topological polar surface area (TPSA) is 74.6 Å². The third kappa shape index (κ3) is 19.6. The van der Waals surface area contributed by atoms with Crippen LogP contribution in [0.25, 0.3) is 0 Å². The van der Waals surface area contributed by atoms with Gasteiger partial charge in [0.1, 0.15) is 0 Å². The van der Waals surface area contributed by atoms with Gasteiger partial charge in [0.05, 0.1) is 11.4 Å². The fourth-order valence-electron chi connectivity index (χ4n) is 4.00. The summed E-state index contributed by atoms with van der Waals surface area (Å²) in [4.78, 5) is 0. The third-order valence-corrected chi connectivity index (χ3v) is 7.32. The average molecular weight is 435 g/mol. The van der Waals surface area contributed by atoms with E-state index in [1.807, 2.05) is 0 Å². The highest BCUT2D eigenvalue weighted by Crippen LogP contribution is 2.19. The van der Waals surface area contributed by atoms with Crippen LogP contribution >= 0.6 is 0 Å². The number of rotatable bonds is 22. The summed E-state index contributed by atoms with van der Waals surface area (Å²) in [6, 6.07) is 0. The standard InChI is InChI=1S/C24H50O4S/c1-3-5-7-9-10-13-17-21-24(29(26,27)28)22-18-14-11-12-16-20-23(25)19-15-8-6-4-2/h23-25H,3-22H2,1-2H3,(H,26,27,28). The van der Waals surface area contributed by atoms with Crippen molar-refractivity contribution in [3.8, 4) is 0 Å². The lowest BCUT2D eigenvalue weighted by atomic mass is 10.0. The highest BCUT2D eigenvalue weighted by Gasteiger charge is 2.21. The SMILES string of the molecule is CCCCCCCCCC(CCCCCCCC(O)CCCCCC)S(=O)(=O)O. The van der Waals surface area contributed by atoms with Gasteiger partial charge in [-0.1, -0.05) is 117 Å². The summed E-state index contributed by atoms with van der Waals surface area (Å²) >= 11 is 0. The zero-order chi connectivity index (χ0) is 21.8. The second kappa shape index (κ2) is 19.8. The molecule has 0 amide bonds. The average Bonchev–Trinajstić information content (AvgIpc) is 2.67. The van der Waals surface area contributed by atoms with E-state index in [9.17, 15) is 18.1 Å². The van der Waals surface area contributed by atoms with Crippen LogP contribution in [-0.4, -0.2) is 29.4 Å². The molecule has 2 atom stereocenters. The maximum absolute atomic E-state index is 11.6. The number of hydrogen-bond acceptors (Lipinski definition) is 3. The minimum Gasteiger partial charge on any atom is -0.393 e. The predicted molar refractivity (Wildman–Crippen MR) is 125 cm³/mol. The molecule has 0 saturated heterocycles. The molecule has 0 aliphatic carbocycles. The Labute approximate surface area is 182 Å². The molecule has 2 unspecified atom stereocenters. The van der Waals surface area contributed by atoms with Gasteiger partial charge in [-0.25, -0.2) is 0 Å². The van der Waals surface area contributed by atoms with Gasteiger partial charge < -0.3 is 5.11 Å². The number of unbranched alkanes of at least 4 members (excludes halogenated alkanes) is 13. The molecule has 176 valence electrons. The molecular weight excluding hydrogens is 384 g/mol. The Morgan fingerprint density at radius 3 is 1.24 bits per heavy atom. The molecular formula is C24H50O4S. The molecule has 0 aromatic rings. The van der Waals surface area contributed by atoms with Crippen molar-refractivity contribution >= 4 is 10.1 Å². The molecule has 0 rings (SSSR count). The van der Waals surface area contributed by atoms with Gasteiger partial charge in [0.25, 0.3) is 10.1 Å². The predicted octanol–water partition coefficient (Wildman–Crippen LogP) is 7.45. The van der Waals surface area contributed by atoms with Crippen LogP contribution in [0.5, 0.6) is 0 Å². The van der Waals surface area contributed by atoms with Crippen LogP contribution < -0.4 is 0 Å². The fourth-order valence-corrected chi connectivity index (χ4v) is 4.93. The minimum absolute atomic E-state index is 0.155. The third-order valence-electron chi connectivity index (χ3n) is 6.01. The summed E-state index contributed by atoms with van der Waals surface area (Å²) in [6.45, 7) is 4.40. The van der Waals surface area contributed by atoms with E-state index in [-0.39, 0.29) is 6.10 Å². The lowest BCUT2D eigenvalue weighted by Crippen LogP contribution is -2.20. The first-order chi connectivity index (χ1) is 13.9. The van der Waals surface area contributed by atoms with E-state index in [0.717, 1.165) is 64.2 Å². The first-order valence-electron chi connectivity index (χ1n) is 12.6. The quantitative estimate of drug-likeness (QED) is 0.137. The molecule has 4 nitrogen and oxygen atoms in total. The van der Waals surface area contributed by atoms with E-state index in [2.05, 4.69) is 13.8 Å². The Hall–Kier alpha value is -0.130. The van der Waals surface area contributed by atoms with Crippen molar-refractivity contribution in [3.05, 3.63) is 0 Å². The van der Waals surface area contributed by atoms with Crippen LogP contribution in [0.2, 0.25) is 0 Å². The van der Waals surface area contributed by atoms with Gasteiger partial charge in [0.15, 0.2) is 0 Å². The first kappa shape index (κ1) is 28.9. The molecule has 2 N–H and O–H groups in total. The Morgan fingerprint density at radius 1 is 0.552 bits per heavy atom. The fraction of sp³-hybridized carbons (Fsp3) is 1.00. The Balaban J connectivity index is 3.72. The second-order valence-electron chi connectivity index (χ2n) is 8.90. The van der Waals surface area contributed by atoms with Crippen molar-refractivity contribution in [1.29, 1.82) is 0 Å². The number of hydrogen-bond donors (Lipinski definition) is 2. The molecule has 5 heteroatoms. The van der Waals surface area contributed by atoms with E-state index in [1.54, 1.807) is 0 Å². The maximum atomic E-state index is 11.6. The summed E-state index contributed by atoms with van der Waals surface area (Å²) in [6.07, 6.45) is 20.9. The van der Waals surface area contributed by atoms with Crippen LogP contribution in [0.3, 0.4) is 0 Å². The monoisotopic (exact) mass is 434 g/mol. The molecule has 0 saturated carbocycles. The van der Waals surface area contributed by atoms with Crippen molar-refractivity contribution in [2.24, 2.45) is 0 Å². The second-order valence-corrected chi connectivity index (χ2v) is 10.6. The van der Waals surface area contributed by atoms with E-state index in [0.29, 0.717) is 12.8 Å². The van der Waals surface area contributed by atoms with Crippen LogP contribution in [0.15, 0.2) is 0 Å². The highest BCUT2D eigenvalue weighted by molar-refractivity contribution is 7.86. The van der Waals surface area contributed by atoms with Gasteiger partial charge in [-0.05, 0) is 25.7 Å². The van der Waals surface area contributed by atoms with Crippen molar-refractivity contribution in [2.45, 2.75) is 154 Å². The Morgan fingerprint density at radius 2 is 0.862 bits per heavy atom. The van der Waals surface area contributed by atoms with Crippen LogP contribution in [0, 0.1) is 0 Å². The van der Waals surface area contributed by atoms with Gasteiger partial charge in [-0.2, -0.15) is 8.42 Å². The van der Waals surface area contributed by atoms with Gasteiger partial charge in [0.2, 0.25) is 0 Å². The Bertz CT molecular complexity index is 436. The van der Waals surface area contributed by atoms with Crippen molar-refractivity contribution < 1.29 is 18.1 Å². The van der Waals surface area contributed by atoms with E-state index in [4.69, 9.17) is 0 Å². The molecule has 0 radical (unpaired) electrons. The normalized spacial score (nSPS) is 14.2. The van der Waals surface area contributed by atoms with Crippen LogP contribution in [0.1, 0.15) is 142 Å². The van der Waals surface area contributed by atoms with Crippen LogP contribution in [-0.2, 0) is 10.1 Å². The molecule has 0 bridgehead atoms. The van der Waals surface area contributed by atoms with Gasteiger partial charge in [-0.15, -0.1) is 0 Å². The zero-order valence-electron chi connectivity index (χ0n) is 19.4. The molecule has 0 heterocycles. The van der Waals surface area contributed by atoms with E-state index >= 15 is 0 Å². The lowest BCUT2D eigenvalue weighted by Gasteiger charge is -2.14. The highest BCUT2D eigenvalue weighted by atomic mass is 32.2. The van der Waals surface area contributed by atoms with Gasteiger partial charge in [-0.3, -0.25) is 4.55 Å². The summed E-state index contributed by atoms with van der Waals surface area (Å²) < 4.78 is 32.8. The van der Waals surface area contributed by atoms with Gasteiger partial charge in [0, 0.05) is 0 Å². The molecule has 0 spiro atoms. The van der Waals surface area contributed by atoms with Crippen molar-refractivity contribution in [3.63, 3.8) is 0 Å². The smallest absolute Gasteiger partial charge is 0.267 e. The van der Waals surface area contributed by atoms with Gasteiger partial charge >= 0.3 is 0 Å². The molecule has 0 aliphatic rings. The summed E-state index contributed by atoms with van der Waals surface area (Å²) in [7, 11) is -3.92. The summed E-state index contributed by atoms with van der Waals surface area (Å²) in [5, 5.41) is 9.40. The molecule has 0 aliphatic heterocycles. The first-order valence-corrected chi connectivity index (χ1v) is 14.1. The van der Waals surface area contributed by atoms with E-state index < -0.39 is 15.4 Å².